The molecule has 2 rings (SSSR count). The van der Waals surface area contributed by atoms with E-state index < -0.39 is 6.10 Å². The maximum atomic E-state index is 10.4. The number of nitrogens with one attached hydrogen (secondary N) is 1. The summed E-state index contributed by atoms with van der Waals surface area (Å²) in [6.07, 6.45) is 6.73. The van der Waals surface area contributed by atoms with Crippen LogP contribution in [0.4, 0.5) is 0 Å². The molecular formula is C17H23NO2. The third kappa shape index (κ3) is 3.95. The van der Waals surface area contributed by atoms with Gasteiger partial charge in [0, 0.05) is 6.54 Å². The van der Waals surface area contributed by atoms with Crippen LogP contribution in [0.1, 0.15) is 25.0 Å². The fourth-order valence-electron chi connectivity index (χ4n) is 2.16. The molecule has 0 spiro atoms. The average Bonchev–Trinajstić information content (AvgIpc) is 2.48. The number of aliphatic hydroxyl groups is 1. The monoisotopic (exact) mass is 273 g/mol. The van der Waals surface area contributed by atoms with E-state index in [2.05, 4.69) is 24.4 Å². The molecule has 1 aliphatic rings. The molecule has 2 unspecified atom stereocenters. The Bertz CT molecular complexity index is 476. The summed E-state index contributed by atoms with van der Waals surface area (Å²) in [6, 6.07) is 7.66. The van der Waals surface area contributed by atoms with E-state index in [4.69, 9.17) is 4.74 Å². The van der Waals surface area contributed by atoms with Crippen molar-refractivity contribution in [3.63, 3.8) is 0 Å². The van der Waals surface area contributed by atoms with Crippen LogP contribution in [0.25, 0.3) is 0 Å². The minimum Gasteiger partial charge on any atom is -0.492 e. The maximum absolute atomic E-state index is 10.4. The van der Waals surface area contributed by atoms with Crippen LogP contribution in [0, 0.1) is 5.92 Å². The summed E-state index contributed by atoms with van der Waals surface area (Å²) >= 11 is 0. The molecule has 0 heterocycles. The molecular weight excluding hydrogens is 250 g/mol. The molecule has 0 aromatic heterocycles. The summed E-state index contributed by atoms with van der Waals surface area (Å²) in [5.41, 5.74) is 1.88. The second-order valence-corrected chi connectivity index (χ2v) is 5.20. The van der Waals surface area contributed by atoms with E-state index in [-0.39, 0.29) is 0 Å². The molecule has 1 aliphatic carbocycles. The zero-order valence-electron chi connectivity index (χ0n) is 12.2. The van der Waals surface area contributed by atoms with Crippen molar-refractivity contribution >= 4 is 0 Å². The van der Waals surface area contributed by atoms with Crippen molar-refractivity contribution in [1.29, 1.82) is 0 Å². The second-order valence-electron chi connectivity index (χ2n) is 5.20. The summed E-state index contributed by atoms with van der Waals surface area (Å²) in [5, 5.41) is 13.4. The van der Waals surface area contributed by atoms with Crippen LogP contribution < -0.4 is 10.1 Å². The van der Waals surface area contributed by atoms with Crippen LogP contribution in [0.2, 0.25) is 0 Å². The predicted octanol–water partition coefficient (Wildman–Crippen LogP) is 2.84. The summed E-state index contributed by atoms with van der Waals surface area (Å²) < 4.78 is 5.57. The largest absolute Gasteiger partial charge is 0.492 e. The third-order valence-corrected chi connectivity index (χ3v) is 3.47. The Balaban J connectivity index is 1.97. The van der Waals surface area contributed by atoms with E-state index in [1.807, 2.05) is 37.4 Å². The summed E-state index contributed by atoms with van der Waals surface area (Å²) in [5.74, 6) is 1.40. The van der Waals surface area contributed by atoms with Gasteiger partial charge in [0.25, 0.3) is 0 Å². The summed E-state index contributed by atoms with van der Waals surface area (Å²) in [4.78, 5) is 0. The highest BCUT2D eigenvalue weighted by atomic mass is 16.5. The minimum absolute atomic E-state index is 0.551. The smallest absolute Gasteiger partial charge is 0.119 e. The Morgan fingerprint density at radius 3 is 2.70 bits per heavy atom. The Morgan fingerprint density at radius 1 is 1.35 bits per heavy atom. The number of benzene rings is 1. The first kappa shape index (κ1) is 14.8. The van der Waals surface area contributed by atoms with Gasteiger partial charge in [-0.15, -0.1) is 0 Å². The molecule has 1 aromatic rings. The lowest BCUT2D eigenvalue weighted by Gasteiger charge is -2.17. The SMILES string of the molecule is CNCCOc1ccc(C(O)C2=CCC(C)C=C2)cc1. The van der Waals surface area contributed by atoms with Crippen molar-refractivity contribution in [3.05, 3.63) is 53.6 Å². The van der Waals surface area contributed by atoms with E-state index >= 15 is 0 Å². The van der Waals surface area contributed by atoms with Crippen molar-refractivity contribution in [2.45, 2.75) is 19.4 Å². The van der Waals surface area contributed by atoms with Crippen molar-refractivity contribution in [2.75, 3.05) is 20.2 Å². The number of hydrogen-bond donors (Lipinski definition) is 2. The van der Waals surface area contributed by atoms with Gasteiger partial charge in [0.2, 0.25) is 0 Å². The number of hydrogen-bond acceptors (Lipinski definition) is 3. The second kappa shape index (κ2) is 7.27. The van der Waals surface area contributed by atoms with Gasteiger partial charge in [-0.25, -0.2) is 0 Å². The average molecular weight is 273 g/mol. The maximum Gasteiger partial charge on any atom is 0.119 e. The zero-order valence-corrected chi connectivity index (χ0v) is 12.2. The van der Waals surface area contributed by atoms with E-state index in [1.54, 1.807) is 0 Å². The lowest BCUT2D eigenvalue weighted by Crippen LogP contribution is -2.15. The zero-order chi connectivity index (χ0) is 14.4. The Hall–Kier alpha value is -1.58. The van der Waals surface area contributed by atoms with Gasteiger partial charge in [0.15, 0.2) is 0 Å². The number of aliphatic hydroxyl groups excluding tert-OH is 1. The molecule has 0 radical (unpaired) electrons. The quantitative estimate of drug-likeness (QED) is 0.783. The van der Waals surface area contributed by atoms with E-state index in [0.717, 1.165) is 29.9 Å². The lowest BCUT2D eigenvalue weighted by atomic mass is 9.92. The highest BCUT2D eigenvalue weighted by Crippen LogP contribution is 2.28. The third-order valence-electron chi connectivity index (χ3n) is 3.47. The molecule has 108 valence electrons. The van der Waals surface area contributed by atoms with Crippen LogP contribution in [0.5, 0.6) is 5.75 Å². The number of allylic oxidation sites excluding steroid dienone is 2. The Morgan fingerprint density at radius 2 is 2.10 bits per heavy atom. The number of rotatable bonds is 6. The molecule has 0 saturated carbocycles. The molecule has 20 heavy (non-hydrogen) atoms. The number of ether oxygens (including phenoxy) is 1. The molecule has 3 heteroatoms. The van der Waals surface area contributed by atoms with Gasteiger partial charge in [-0.2, -0.15) is 0 Å². The Labute approximate surface area is 121 Å². The predicted molar refractivity (Wildman–Crippen MR) is 81.8 cm³/mol. The topological polar surface area (TPSA) is 41.5 Å². The molecule has 2 atom stereocenters. The molecule has 0 bridgehead atoms. The standard InChI is InChI=1S/C17H23NO2/c1-13-3-5-14(6-4-13)17(19)15-7-9-16(10-8-15)20-12-11-18-2/h3,5-10,13,17-19H,4,11-12H2,1-2H3. The fraction of sp³-hybridized carbons (Fsp3) is 0.412. The van der Waals surface area contributed by atoms with Gasteiger partial charge < -0.3 is 15.2 Å². The van der Waals surface area contributed by atoms with Crippen LogP contribution in [0.15, 0.2) is 48.1 Å². The van der Waals surface area contributed by atoms with Crippen LogP contribution in [0.3, 0.4) is 0 Å². The van der Waals surface area contributed by atoms with E-state index in [1.165, 1.54) is 0 Å². The van der Waals surface area contributed by atoms with Crippen LogP contribution in [-0.4, -0.2) is 25.3 Å². The highest BCUT2D eigenvalue weighted by molar-refractivity contribution is 5.37. The van der Waals surface area contributed by atoms with Gasteiger partial charge in [-0.3, -0.25) is 0 Å². The number of likely N-dealkylation sites (N-methyl/N-ethyl adjacent to an activating group) is 1. The van der Waals surface area contributed by atoms with Crippen molar-refractivity contribution in [1.82, 2.24) is 5.32 Å². The van der Waals surface area contributed by atoms with Gasteiger partial charge >= 0.3 is 0 Å². The first-order valence-corrected chi connectivity index (χ1v) is 7.14. The minimum atomic E-state index is -0.551. The van der Waals surface area contributed by atoms with Gasteiger partial charge in [0.05, 0.1) is 0 Å². The van der Waals surface area contributed by atoms with Crippen molar-refractivity contribution in [2.24, 2.45) is 5.92 Å². The molecule has 2 N–H and O–H groups in total. The molecule has 1 aromatic carbocycles. The van der Waals surface area contributed by atoms with Gasteiger partial charge in [-0.05, 0) is 42.7 Å². The molecule has 3 nitrogen and oxygen atoms in total. The van der Waals surface area contributed by atoms with Crippen LogP contribution >= 0.6 is 0 Å². The molecule has 0 fully saturated rings. The molecule has 0 saturated heterocycles. The lowest BCUT2D eigenvalue weighted by molar-refractivity contribution is 0.218. The highest BCUT2D eigenvalue weighted by Gasteiger charge is 2.14. The van der Waals surface area contributed by atoms with E-state index in [0.29, 0.717) is 12.5 Å². The van der Waals surface area contributed by atoms with Crippen LogP contribution in [-0.2, 0) is 0 Å². The fourth-order valence-corrected chi connectivity index (χ4v) is 2.16. The Kier molecular flexibility index (Phi) is 5.39. The van der Waals surface area contributed by atoms with E-state index in [9.17, 15) is 5.11 Å². The van der Waals surface area contributed by atoms with Gasteiger partial charge in [-0.1, -0.05) is 37.3 Å². The summed E-state index contributed by atoms with van der Waals surface area (Å²) in [6.45, 7) is 3.64. The molecule has 0 aliphatic heterocycles. The normalized spacial score (nSPS) is 19.6. The van der Waals surface area contributed by atoms with Crippen molar-refractivity contribution < 1.29 is 9.84 Å². The first-order valence-electron chi connectivity index (χ1n) is 7.14. The summed E-state index contributed by atoms with van der Waals surface area (Å²) in [7, 11) is 1.90. The first-order chi connectivity index (χ1) is 9.70. The molecule has 0 amide bonds. The van der Waals surface area contributed by atoms with Crippen molar-refractivity contribution in [3.8, 4) is 5.75 Å². The van der Waals surface area contributed by atoms with Gasteiger partial charge in [0.1, 0.15) is 18.5 Å².